The van der Waals surface area contributed by atoms with Gasteiger partial charge in [-0.05, 0) is 48.4 Å². The third-order valence-corrected chi connectivity index (χ3v) is 7.51. The third kappa shape index (κ3) is 4.40. The van der Waals surface area contributed by atoms with Crippen molar-refractivity contribution >= 4 is 33.7 Å². The summed E-state index contributed by atoms with van der Waals surface area (Å²) in [6.45, 7) is 10.1. The molecule has 1 aliphatic rings. The topological polar surface area (TPSA) is 84.6 Å². The number of hydrogen-bond donors (Lipinski definition) is 0. The summed E-state index contributed by atoms with van der Waals surface area (Å²) in [6, 6.07) is 13.7. The number of carbonyl (C=O) groups excluding carboxylic acids is 2. The fourth-order valence-electron chi connectivity index (χ4n) is 5.58. The second-order valence-corrected chi connectivity index (χ2v) is 11.8. The Morgan fingerprint density at radius 2 is 1.71 bits per heavy atom. The van der Waals surface area contributed by atoms with Gasteiger partial charge in [-0.2, -0.15) is 9.78 Å². The molecule has 0 radical (unpaired) electrons. The smallest absolute Gasteiger partial charge is 0.337 e. The van der Waals surface area contributed by atoms with E-state index in [1.807, 2.05) is 39.0 Å². The molecule has 6 rings (SSSR count). The third-order valence-electron chi connectivity index (χ3n) is 7.51. The lowest BCUT2D eigenvalue weighted by molar-refractivity contribution is 0.0600. The van der Waals surface area contributed by atoms with Crippen LogP contribution >= 0.6 is 0 Å². The minimum Gasteiger partial charge on any atom is -0.489 e. The molecule has 3 aromatic carbocycles. The van der Waals surface area contributed by atoms with E-state index in [2.05, 4.69) is 23.5 Å². The average Bonchev–Trinajstić information content (AvgIpc) is 3.50. The van der Waals surface area contributed by atoms with Crippen molar-refractivity contribution in [1.82, 2.24) is 14.3 Å². The van der Waals surface area contributed by atoms with Crippen molar-refractivity contribution in [2.75, 3.05) is 20.3 Å². The van der Waals surface area contributed by atoms with E-state index in [0.29, 0.717) is 28.3 Å². The first-order chi connectivity index (χ1) is 20.0. The quantitative estimate of drug-likeness (QED) is 0.210. The van der Waals surface area contributed by atoms with Crippen molar-refractivity contribution in [1.29, 1.82) is 0 Å². The van der Waals surface area contributed by atoms with E-state index in [1.165, 1.54) is 23.9 Å². The molecule has 0 atom stereocenters. The van der Waals surface area contributed by atoms with Gasteiger partial charge in [0.25, 0.3) is 5.91 Å². The van der Waals surface area contributed by atoms with Crippen molar-refractivity contribution in [2.45, 2.75) is 40.5 Å². The van der Waals surface area contributed by atoms with E-state index >= 15 is 0 Å². The zero-order valence-electron chi connectivity index (χ0n) is 24.4. The maximum absolute atomic E-state index is 14.5. The van der Waals surface area contributed by atoms with E-state index in [-0.39, 0.29) is 25.0 Å². The summed E-state index contributed by atoms with van der Waals surface area (Å²) in [7, 11) is 1.33. The summed E-state index contributed by atoms with van der Waals surface area (Å²) < 4.78 is 35.3. The fourth-order valence-corrected chi connectivity index (χ4v) is 5.58. The number of hydrogen-bond acceptors (Lipinski definition) is 6. The summed E-state index contributed by atoms with van der Waals surface area (Å²) in [5.41, 5.74) is 4.49. The number of halogens is 1. The Balaban J connectivity index is 1.78. The van der Waals surface area contributed by atoms with Gasteiger partial charge in [0.2, 0.25) is 0 Å². The number of benzene rings is 3. The summed E-state index contributed by atoms with van der Waals surface area (Å²) in [6.07, 6.45) is 1.69. The molecule has 0 saturated heterocycles. The minimum atomic E-state index is -0.645. The molecule has 0 aliphatic carbocycles. The number of nitrogens with zero attached hydrogens (tertiary/aromatic N) is 3. The van der Waals surface area contributed by atoms with E-state index in [9.17, 15) is 14.0 Å². The van der Waals surface area contributed by atoms with Gasteiger partial charge in [0.15, 0.2) is 0 Å². The highest BCUT2D eigenvalue weighted by molar-refractivity contribution is 6.08. The van der Waals surface area contributed by atoms with E-state index in [0.717, 1.165) is 33.1 Å². The first-order valence-electron chi connectivity index (χ1n) is 13.9. The van der Waals surface area contributed by atoms with Crippen molar-refractivity contribution in [2.24, 2.45) is 5.41 Å². The molecule has 2 bridgehead atoms. The Labute approximate surface area is 242 Å². The lowest BCUT2D eigenvalue weighted by Crippen LogP contribution is -2.27. The molecule has 9 heteroatoms. The number of rotatable bonds is 2. The number of esters is 1. The number of fused-ring (bicyclic) bond motifs is 10. The number of aromatic nitrogens is 3. The summed E-state index contributed by atoms with van der Waals surface area (Å²) in [5.74, 6) is -0.162. The average molecular weight is 570 g/mol. The molecule has 0 amide bonds. The largest absolute Gasteiger partial charge is 0.489 e. The molecule has 0 fully saturated rings. The molecule has 8 nitrogen and oxygen atoms in total. The highest BCUT2D eigenvalue weighted by atomic mass is 19.1. The summed E-state index contributed by atoms with van der Waals surface area (Å²) in [4.78, 5) is 25.8. The molecule has 0 spiro atoms. The van der Waals surface area contributed by atoms with Crippen LogP contribution in [0.15, 0.2) is 54.7 Å². The van der Waals surface area contributed by atoms with Crippen LogP contribution in [0.3, 0.4) is 0 Å². The van der Waals surface area contributed by atoms with Gasteiger partial charge in [-0.3, -0.25) is 4.79 Å². The lowest BCUT2D eigenvalue weighted by Gasteiger charge is -2.18. The Morgan fingerprint density at radius 3 is 2.40 bits per heavy atom. The predicted octanol–water partition coefficient (Wildman–Crippen LogP) is 7.15. The van der Waals surface area contributed by atoms with Crippen LogP contribution in [0.25, 0.3) is 38.6 Å². The molecule has 0 unspecified atom stereocenters. The van der Waals surface area contributed by atoms with E-state index in [4.69, 9.17) is 14.2 Å². The molecular formula is C33H32FN3O5. The number of methoxy groups -OCH3 is 1. The second-order valence-electron chi connectivity index (χ2n) is 11.8. The lowest BCUT2D eigenvalue weighted by atomic mass is 9.94. The monoisotopic (exact) mass is 569 g/mol. The van der Waals surface area contributed by atoms with Gasteiger partial charge >= 0.3 is 5.97 Å². The van der Waals surface area contributed by atoms with E-state index < -0.39 is 17.2 Å². The SMILES string of the molecule is COC(=O)c1ccc2c(c1)OCCOc1cc(F)ccc1-n1c(C(C)C)c-2c2cc3c(cnn3C(=O)C(C)(C)C)cc21. The zero-order valence-corrected chi connectivity index (χ0v) is 24.4. The summed E-state index contributed by atoms with van der Waals surface area (Å²) >= 11 is 0. The van der Waals surface area contributed by atoms with Crippen LogP contribution in [0.4, 0.5) is 4.39 Å². The number of carbonyl (C=O) groups is 2. The van der Waals surface area contributed by atoms with Crippen LogP contribution in [0, 0.1) is 11.2 Å². The Hall–Kier alpha value is -4.66. The van der Waals surface area contributed by atoms with Gasteiger partial charge in [0, 0.05) is 39.1 Å². The fraction of sp³-hybridized carbons (Fsp3) is 0.303. The van der Waals surface area contributed by atoms with Gasteiger partial charge in [-0.15, -0.1) is 0 Å². The second kappa shape index (κ2) is 10.0. The molecule has 0 N–H and O–H groups in total. The van der Waals surface area contributed by atoms with Crippen LogP contribution in [-0.4, -0.2) is 46.5 Å². The maximum Gasteiger partial charge on any atom is 0.337 e. The van der Waals surface area contributed by atoms with Crippen LogP contribution in [-0.2, 0) is 4.74 Å². The van der Waals surface area contributed by atoms with Crippen molar-refractivity contribution in [3.8, 4) is 28.3 Å². The molecule has 2 aromatic heterocycles. The van der Waals surface area contributed by atoms with Crippen LogP contribution in [0.5, 0.6) is 11.5 Å². The highest BCUT2D eigenvalue weighted by Gasteiger charge is 2.30. The molecule has 5 aromatic rings. The standard InChI is InChI=1S/C33H32FN3O5/c1-18(2)30-29-22-9-7-19(31(38)40-6)14-27(22)41-11-12-42-28-15-21(34)8-10-24(28)36(30)26-13-20-17-35-37(25(20)16-23(26)29)32(39)33(3,4)5/h7-10,13-18H,11-12H2,1-6H3. The van der Waals surface area contributed by atoms with Gasteiger partial charge < -0.3 is 18.8 Å². The molecule has 3 heterocycles. The van der Waals surface area contributed by atoms with Crippen molar-refractivity contribution in [3.05, 3.63) is 71.8 Å². The molecule has 0 saturated carbocycles. The molecule has 216 valence electrons. The first-order valence-corrected chi connectivity index (χ1v) is 13.9. The van der Waals surface area contributed by atoms with Crippen molar-refractivity contribution < 1.29 is 28.2 Å². The zero-order chi connectivity index (χ0) is 29.9. The Morgan fingerprint density at radius 1 is 0.976 bits per heavy atom. The molecule has 42 heavy (non-hydrogen) atoms. The Bertz CT molecular complexity index is 1890. The predicted molar refractivity (Wildman–Crippen MR) is 158 cm³/mol. The Kier molecular flexibility index (Phi) is 6.55. The summed E-state index contributed by atoms with van der Waals surface area (Å²) in [5, 5.41) is 6.10. The van der Waals surface area contributed by atoms with Gasteiger partial charge in [-0.1, -0.05) is 34.6 Å². The van der Waals surface area contributed by atoms with Gasteiger partial charge in [0.05, 0.1) is 35.6 Å². The normalized spacial score (nSPS) is 13.2. The van der Waals surface area contributed by atoms with Crippen LogP contribution < -0.4 is 9.47 Å². The van der Waals surface area contributed by atoms with Crippen molar-refractivity contribution in [3.63, 3.8) is 0 Å². The molecule has 1 aliphatic heterocycles. The maximum atomic E-state index is 14.5. The number of ether oxygens (including phenoxy) is 3. The van der Waals surface area contributed by atoms with Crippen LogP contribution in [0.1, 0.15) is 61.4 Å². The highest BCUT2D eigenvalue weighted by Crippen LogP contribution is 2.47. The van der Waals surface area contributed by atoms with Gasteiger partial charge in [0.1, 0.15) is 30.5 Å². The molecular weight excluding hydrogens is 537 g/mol. The van der Waals surface area contributed by atoms with E-state index in [1.54, 1.807) is 24.4 Å². The van der Waals surface area contributed by atoms with Crippen LogP contribution in [0.2, 0.25) is 0 Å². The first kappa shape index (κ1) is 27.5. The van der Waals surface area contributed by atoms with Gasteiger partial charge in [-0.25, -0.2) is 9.18 Å². The minimum absolute atomic E-state index is 0.00462.